The number of pyridine rings is 1. The van der Waals surface area contributed by atoms with E-state index in [4.69, 9.17) is 14.2 Å². The van der Waals surface area contributed by atoms with Crippen LogP contribution in [0, 0.1) is 6.92 Å². The van der Waals surface area contributed by atoms with E-state index in [0.29, 0.717) is 23.7 Å². The number of hydrogen-bond acceptors (Lipinski definition) is 6. The zero-order valence-electron chi connectivity index (χ0n) is 14.6. The van der Waals surface area contributed by atoms with Crippen molar-refractivity contribution in [1.82, 2.24) is 14.7 Å². The minimum Gasteiger partial charge on any atom is -0.454 e. The molecule has 8 heteroatoms. The summed E-state index contributed by atoms with van der Waals surface area (Å²) in [6, 6.07) is 11.0. The number of benzene rings is 1. The molecule has 0 saturated heterocycles. The van der Waals surface area contributed by atoms with Crippen molar-refractivity contribution in [3.05, 3.63) is 59.5 Å². The number of nitrogens with one attached hydrogen (secondary N) is 1. The Bertz CT molecular complexity index is 1030. The van der Waals surface area contributed by atoms with Crippen LogP contribution in [0.3, 0.4) is 0 Å². The summed E-state index contributed by atoms with van der Waals surface area (Å²) in [6.45, 7) is 2.02. The van der Waals surface area contributed by atoms with Crippen molar-refractivity contribution in [3.8, 4) is 11.5 Å². The van der Waals surface area contributed by atoms with Crippen LogP contribution in [-0.2, 0) is 16.1 Å². The molecular weight excluding hydrogens is 350 g/mol. The summed E-state index contributed by atoms with van der Waals surface area (Å²) in [7, 11) is 0. The van der Waals surface area contributed by atoms with Gasteiger partial charge in [0.05, 0.1) is 0 Å². The fourth-order valence-electron chi connectivity index (χ4n) is 2.75. The maximum atomic E-state index is 12.1. The predicted octanol–water partition coefficient (Wildman–Crippen LogP) is 1.84. The van der Waals surface area contributed by atoms with Gasteiger partial charge in [-0.05, 0) is 36.8 Å². The van der Waals surface area contributed by atoms with Crippen LogP contribution in [0.25, 0.3) is 5.65 Å². The third-order valence-corrected chi connectivity index (χ3v) is 4.17. The molecule has 1 aromatic carbocycles. The number of amides is 1. The highest BCUT2D eigenvalue weighted by atomic mass is 16.7. The molecule has 0 saturated carbocycles. The first kappa shape index (κ1) is 16.9. The number of esters is 1. The minimum absolute atomic E-state index is 0.160. The molecule has 3 heterocycles. The van der Waals surface area contributed by atoms with Crippen LogP contribution in [0.1, 0.15) is 21.7 Å². The largest absolute Gasteiger partial charge is 0.454 e. The molecule has 1 aliphatic rings. The average molecular weight is 367 g/mol. The van der Waals surface area contributed by atoms with Gasteiger partial charge in [-0.15, -0.1) is 0 Å². The van der Waals surface area contributed by atoms with Crippen LogP contribution in [-0.4, -0.2) is 34.7 Å². The highest BCUT2D eigenvalue weighted by molar-refractivity contribution is 5.90. The molecule has 0 radical (unpaired) electrons. The standard InChI is InChI=1S/C19H17N3O5/c1-12-3-2-4-17-21-14(9-22(12)17)19(24)25-10-18(23)20-8-13-5-6-15-16(7-13)27-11-26-15/h2-7,9H,8,10-11H2,1H3,(H,20,23). The number of ether oxygens (including phenoxy) is 3. The molecule has 0 fully saturated rings. The number of imidazole rings is 1. The molecule has 0 unspecified atom stereocenters. The molecule has 0 bridgehead atoms. The summed E-state index contributed by atoms with van der Waals surface area (Å²) >= 11 is 0. The summed E-state index contributed by atoms with van der Waals surface area (Å²) in [5, 5.41) is 2.69. The van der Waals surface area contributed by atoms with Crippen molar-refractivity contribution in [2.24, 2.45) is 0 Å². The third kappa shape index (κ3) is 3.55. The van der Waals surface area contributed by atoms with Crippen molar-refractivity contribution in [2.45, 2.75) is 13.5 Å². The molecule has 1 N–H and O–H groups in total. The van der Waals surface area contributed by atoms with Gasteiger partial charge in [-0.1, -0.05) is 12.1 Å². The van der Waals surface area contributed by atoms with Gasteiger partial charge in [-0.2, -0.15) is 0 Å². The molecule has 1 aliphatic heterocycles. The first-order valence-corrected chi connectivity index (χ1v) is 8.37. The lowest BCUT2D eigenvalue weighted by atomic mass is 10.2. The third-order valence-electron chi connectivity index (χ3n) is 4.17. The zero-order valence-corrected chi connectivity index (χ0v) is 14.6. The maximum absolute atomic E-state index is 12.1. The second-order valence-corrected chi connectivity index (χ2v) is 6.06. The van der Waals surface area contributed by atoms with Gasteiger partial charge in [0.25, 0.3) is 5.91 Å². The highest BCUT2D eigenvalue weighted by Gasteiger charge is 2.16. The molecule has 0 spiro atoms. The molecule has 138 valence electrons. The van der Waals surface area contributed by atoms with E-state index in [1.165, 1.54) is 0 Å². The first-order valence-electron chi connectivity index (χ1n) is 8.37. The van der Waals surface area contributed by atoms with E-state index >= 15 is 0 Å². The molecule has 2 aromatic heterocycles. The monoisotopic (exact) mass is 367 g/mol. The lowest BCUT2D eigenvalue weighted by molar-refractivity contribution is -0.124. The van der Waals surface area contributed by atoms with Gasteiger partial charge in [0.15, 0.2) is 23.8 Å². The fourth-order valence-corrected chi connectivity index (χ4v) is 2.75. The van der Waals surface area contributed by atoms with E-state index in [2.05, 4.69) is 10.3 Å². The number of carbonyl (C=O) groups is 2. The van der Waals surface area contributed by atoms with Gasteiger partial charge in [0.2, 0.25) is 6.79 Å². The average Bonchev–Trinajstić information content (AvgIpc) is 3.31. The number of rotatable bonds is 5. The number of carbonyl (C=O) groups excluding carboxylic acids is 2. The summed E-state index contributed by atoms with van der Waals surface area (Å²) in [5.74, 6) is 0.286. The summed E-state index contributed by atoms with van der Waals surface area (Å²) in [6.07, 6.45) is 1.59. The van der Waals surface area contributed by atoms with Gasteiger partial charge in [0, 0.05) is 18.4 Å². The number of hydrogen-bond donors (Lipinski definition) is 1. The van der Waals surface area contributed by atoms with Crippen LogP contribution in [0.2, 0.25) is 0 Å². The van der Waals surface area contributed by atoms with Crippen LogP contribution < -0.4 is 14.8 Å². The van der Waals surface area contributed by atoms with E-state index in [1.807, 2.05) is 25.1 Å². The Morgan fingerprint density at radius 3 is 2.93 bits per heavy atom. The number of nitrogens with zero attached hydrogens (tertiary/aromatic N) is 2. The van der Waals surface area contributed by atoms with Crippen LogP contribution in [0.15, 0.2) is 42.6 Å². The molecule has 3 aromatic rings. The second-order valence-electron chi connectivity index (χ2n) is 6.06. The summed E-state index contributed by atoms with van der Waals surface area (Å²) in [4.78, 5) is 28.3. The Morgan fingerprint density at radius 2 is 2.07 bits per heavy atom. The van der Waals surface area contributed by atoms with Gasteiger partial charge >= 0.3 is 5.97 Å². The van der Waals surface area contributed by atoms with Crippen molar-refractivity contribution < 1.29 is 23.8 Å². The van der Waals surface area contributed by atoms with Gasteiger partial charge in [-0.3, -0.25) is 4.79 Å². The Labute approximate surface area is 154 Å². The summed E-state index contributed by atoms with van der Waals surface area (Å²) in [5.41, 5.74) is 2.61. The van der Waals surface area contributed by atoms with E-state index in [0.717, 1.165) is 11.3 Å². The lowest BCUT2D eigenvalue weighted by Gasteiger charge is -2.06. The second kappa shape index (κ2) is 6.99. The summed E-state index contributed by atoms with van der Waals surface area (Å²) < 4.78 is 17.4. The number of aryl methyl sites for hydroxylation is 1. The maximum Gasteiger partial charge on any atom is 0.359 e. The topological polar surface area (TPSA) is 91.2 Å². The van der Waals surface area contributed by atoms with Crippen molar-refractivity contribution in [3.63, 3.8) is 0 Å². The quantitative estimate of drug-likeness (QED) is 0.692. The first-order chi connectivity index (χ1) is 13.1. The minimum atomic E-state index is -0.642. The molecule has 27 heavy (non-hydrogen) atoms. The smallest absolute Gasteiger partial charge is 0.359 e. The molecule has 1 amide bonds. The number of aromatic nitrogens is 2. The Morgan fingerprint density at radius 1 is 1.22 bits per heavy atom. The fraction of sp³-hybridized carbons (Fsp3) is 0.211. The van der Waals surface area contributed by atoms with Gasteiger partial charge < -0.3 is 23.9 Å². The van der Waals surface area contributed by atoms with Crippen LogP contribution in [0.5, 0.6) is 11.5 Å². The lowest BCUT2D eigenvalue weighted by Crippen LogP contribution is -2.28. The zero-order chi connectivity index (χ0) is 18.8. The van der Waals surface area contributed by atoms with Crippen molar-refractivity contribution in [2.75, 3.05) is 13.4 Å². The molecule has 0 atom stereocenters. The van der Waals surface area contributed by atoms with E-state index in [-0.39, 0.29) is 19.1 Å². The molecule has 4 rings (SSSR count). The van der Waals surface area contributed by atoms with Gasteiger partial charge in [0.1, 0.15) is 5.65 Å². The highest BCUT2D eigenvalue weighted by Crippen LogP contribution is 2.32. The normalized spacial score (nSPS) is 12.2. The van der Waals surface area contributed by atoms with Crippen LogP contribution >= 0.6 is 0 Å². The van der Waals surface area contributed by atoms with Gasteiger partial charge in [-0.25, -0.2) is 9.78 Å². The van der Waals surface area contributed by atoms with E-state index < -0.39 is 11.9 Å². The van der Waals surface area contributed by atoms with Crippen molar-refractivity contribution >= 4 is 17.5 Å². The Kier molecular flexibility index (Phi) is 4.37. The Balaban J connectivity index is 1.30. The van der Waals surface area contributed by atoms with Crippen LogP contribution in [0.4, 0.5) is 0 Å². The SMILES string of the molecule is Cc1cccc2nc(C(=O)OCC(=O)NCc3ccc4c(c3)OCO4)cn12. The van der Waals surface area contributed by atoms with Crippen molar-refractivity contribution in [1.29, 1.82) is 0 Å². The molecule has 8 nitrogen and oxygen atoms in total. The Hall–Kier alpha value is -3.55. The van der Waals surface area contributed by atoms with E-state index in [9.17, 15) is 9.59 Å². The predicted molar refractivity (Wildman–Crippen MR) is 94.6 cm³/mol. The number of fused-ring (bicyclic) bond motifs is 2. The molecule has 0 aliphatic carbocycles. The van der Waals surface area contributed by atoms with E-state index in [1.54, 1.807) is 28.8 Å². The molecular formula is C19H17N3O5.